The minimum absolute atomic E-state index is 0.132. The number of para-hydroxylation sites is 1. The highest BCUT2D eigenvalue weighted by atomic mass is 35.5. The molecule has 6 rings (SSSR count). The fourth-order valence-corrected chi connectivity index (χ4v) is 5.42. The van der Waals surface area contributed by atoms with Gasteiger partial charge in [0.15, 0.2) is 0 Å². The van der Waals surface area contributed by atoms with Gasteiger partial charge in [0, 0.05) is 16.7 Å². The second kappa shape index (κ2) is 8.20. The molecule has 1 N–H and O–H groups in total. The van der Waals surface area contributed by atoms with Crippen LogP contribution in [0.5, 0.6) is 5.88 Å². The van der Waals surface area contributed by atoms with Crippen LogP contribution in [0.3, 0.4) is 0 Å². The highest BCUT2D eigenvalue weighted by molar-refractivity contribution is 7.17. The van der Waals surface area contributed by atoms with Crippen molar-refractivity contribution in [3.63, 3.8) is 0 Å². The van der Waals surface area contributed by atoms with E-state index in [2.05, 4.69) is 9.98 Å². The number of thiazole rings is 1. The van der Waals surface area contributed by atoms with E-state index in [1.165, 1.54) is 11.3 Å². The Morgan fingerprint density at radius 1 is 0.971 bits per heavy atom. The Labute approximate surface area is 203 Å². The molecule has 4 aromatic rings. The summed E-state index contributed by atoms with van der Waals surface area (Å²) in [5.74, 6) is -0.579. The van der Waals surface area contributed by atoms with Crippen LogP contribution < -0.4 is 15.6 Å². The van der Waals surface area contributed by atoms with Crippen LogP contribution in [0, 0.1) is 0 Å². The maximum absolute atomic E-state index is 12.7. The van der Waals surface area contributed by atoms with E-state index in [0.29, 0.717) is 37.6 Å². The smallest absolute Gasteiger partial charge is 0.279 e. The van der Waals surface area contributed by atoms with Crippen LogP contribution in [0.1, 0.15) is 28.5 Å². The number of anilines is 1. The fraction of sp³-hybridized carbons (Fsp3) is 0.0769. The lowest BCUT2D eigenvalue weighted by Crippen LogP contribution is -2.22. The summed E-state index contributed by atoms with van der Waals surface area (Å²) in [5, 5.41) is 19.9. The summed E-state index contributed by atoms with van der Waals surface area (Å²) in [5.41, 5.74) is 3.34. The SMILES string of the molecule is O=C1N=c2ccccc2=C1c1sc(N2N=C(c3ccccc3)CC2c2ccc(Cl)cc2)nc1O. The van der Waals surface area contributed by atoms with E-state index < -0.39 is 0 Å². The molecule has 2 aliphatic heterocycles. The van der Waals surface area contributed by atoms with E-state index in [4.69, 9.17) is 16.7 Å². The zero-order valence-electron chi connectivity index (χ0n) is 17.7. The number of benzene rings is 3. The molecule has 0 bridgehead atoms. The second-order valence-corrected chi connectivity index (χ2v) is 9.40. The predicted molar refractivity (Wildman–Crippen MR) is 133 cm³/mol. The number of aromatic hydroxyl groups is 1. The zero-order valence-corrected chi connectivity index (χ0v) is 19.3. The first-order valence-corrected chi connectivity index (χ1v) is 11.9. The molecule has 0 radical (unpaired) electrons. The molecule has 3 aromatic carbocycles. The summed E-state index contributed by atoms with van der Waals surface area (Å²) < 4.78 is 0. The quantitative estimate of drug-likeness (QED) is 0.470. The first kappa shape index (κ1) is 20.8. The molecule has 0 spiro atoms. The van der Waals surface area contributed by atoms with Crippen LogP contribution in [-0.4, -0.2) is 21.7 Å². The highest BCUT2D eigenvalue weighted by Gasteiger charge is 2.34. The first-order valence-electron chi connectivity index (χ1n) is 10.7. The van der Waals surface area contributed by atoms with Crippen LogP contribution in [-0.2, 0) is 4.79 Å². The highest BCUT2D eigenvalue weighted by Crippen LogP contribution is 2.42. The summed E-state index contributed by atoms with van der Waals surface area (Å²) in [7, 11) is 0. The van der Waals surface area contributed by atoms with Gasteiger partial charge in [0.05, 0.1) is 22.7 Å². The Morgan fingerprint density at radius 2 is 1.71 bits per heavy atom. The minimum Gasteiger partial charge on any atom is -0.492 e. The van der Waals surface area contributed by atoms with Crippen LogP contribution in [0.2, 0.25) is 5.02 Å². The van der Waals surface area contributed by atoms with Crippen LogP contribution >= 0.6 is 22.9 Å². The molecular formula is C26H17ClN4O2S. The summed E-state index contributed by atoms with van der Waals surface area (Å²) in [6, 6.07) is 24.8. The van der Waals surface area contributed by atoms with Crippen molar-refractivity contribution in [3.05, 3.63) is 110 Å². The number of hydrazone groups is 1. The summed E-state index contributed by atoms with van der Waals surface area (Å²) >= 11 is 7.35. The molecule has 0 aliphatic carbocycles. The third-order valence-electron chi connectivity index (χ3n) is 5.90. The van der Waals surface area contributed by atoms with Gasteiger partial charge < -0.3 is 5.11 Å². The number of aromatic nitrogens is 1. The van der Waals surface area contributed by atoms with Crippen molar-refractivity contribution in [2.75, 3.05) is 5.01 Å². The normalized spacial score (nSPS) is 17.0. The van der Waals surface area contributed by atoms with Crippen LogP contribution in [0.4, 0.5) is 5.13 Å². The number of fused-ring (bicyclic) bond motifs is 1. The van der Waals surface area contributed by atoms with Gasteiger partial charge in [-0.2, -0.15) is 10.1 Å². The summed E-state index contributed by atoms with van der Waals surface area (Å²) in [6.45, 7) is 0. The summed E-state index contributed by atoms with van der Waals surface area (Å²) in [6.07, 6.45) is 0.662. The molecule has 1 aromatic heterocycles. The lowest BCUT2D eigenvalue weighted by atomic mass is 9.99. The Morgan fingerprint density at radius 3 is 2.50 bits per heavy atom. The van der Waals surface area contributed by atoms with E-state index in [1.54, 1.807) is 6.07 Å². The van der Waals surface area contributed by atoms with E-state index in [1.807, 2.05) is 77.8 Å². The number of nitrogens with zero attached hydrogens (tertiary/aromatic N) is 4. The Balaban J connectivity index is 1.47. The lowest BCUT2D eigenvalue weighted by Gasteiger charge is -2.21. The molecule has 8 heteroatoms. The van der Waals surface area contributed by atoms with E-state index in [9.17, 15) is 9.90 Å². The number of carbonyl (C=O) groups is 1. The van der Waals surface area contributed by atoms with Crippen molar-refractivity contribution in [1.82, 2.24) is 4.98 Å². The maximum atomic E-state index is 12.7. The van der Waals surface area contributed by atoms with Crippen molar-refractivity contribution in [2.45, 2.75) is 12.5 Å². The first-order chi connectivity index (χ1) is 16.6. The molecule has 2 aliphatic rings. The minimum atomic E-state index is -0.379. The third kappa shape index (κ3) is 3.50. The fourth-order valence-electron chi connectivity index (χ4n) is 4.28. The molecule has 0 fully saturated rings. The van der Waals surface area contributed by atoms with Crippen LogP contribution in [0.15, 0.2) is 89.0 Å². The number of hydrogen-bond donors (Lipinski definition) is 1. The number of hydrogen-bond acceptors (Lipinski definition) is 6. The van der Waals surface area contributed by atoms with Gasteiger partial charge in [-0.25, -0.2) is 10.0 Å². The molecule has 0 saturated carbocycles. The van der Waals surface area contributed by atoms with Crippen LogP contribution in [0.25, 0.3) is 5.57 Å². The van der Waals surface area contributed by atoms with E-state index in [0.717, 1.165) is 16.8 Å². The molecule has 1 atom stereocenters. The van der Waals surface area contributed by atoms with Crippen molar-refractivity contribution >= 4 is 45.3 Å². The second-order valence-electron chi connectivity index (χ2n) is 7.99. The number of amides is 1. The van der Waals surface area contributed by atoms with E-state index in [-0.39, 0.29) is 17.8 Å². The molecule has 6 nitrogen and oxygen atoms in total. The number of halogens is 1. The van der Waals surface area contributed by atoms with E-state index >= 15 is 0 Å². The molecule has 3 heterocycles. The Hall–Kier alpha value is -3.81. The van der Waals surface area contributed by atoms with Gasteiger partial charge in [0.25, 0.3) is 5.91 Å². The maximum Gasteiger partial charge on any atom is 0.279 e. The monoisotopic (exact) mass is 484 g/mol. The molecular weight excluding hydrogens is 468 g/mol. The molecule has 1 amide bonds. The Kier molecular flexibility index (Phi) is 5.01. The largest absolute Gasteiger partial charge is 0.492 e. The average molecular weight is 485 g/mol. The number of rotatable bonds is 4. The van der Waals surface area contributed by atoms with Gasteiger partial charge in [-0.05, 0) is 29.3 Å². The van der Waals surface area contributed by atoms with Gasteiger partial charge in [-0.1, -0.05) is 83.6 Å². The molecule has 1 unspecified atom stereocenters. The summed E-state index contributed by atoms with van der Waals surface area (Å²) in [4.78, 5) is 21.6. The molecule has 34 heavy (non-hydrogen) atoms. The number of carbonyl (C=O) groups excluding carboxylic acids is 1. The van der Waals surface area contributed by atoms with Crippen molar-refractivity contribution in [3.8, 4) is 5.88 Å². The predicted octanol–water partition coefficient (Wildman–Crippen LogP) is 4.22. The van der Waals surface area contributed by atoms with Crippen molar-refractivity contribution < 1.29 is 9.90 Å². The zero-order chi connectivity index (χ0) is 23.2. The van der Waals surface area contributed by atoms with Crippen molar-refractivity contribution in [1.29, 1.82) is 0 Å². The standard InChI is InChI=1S/C26H17ClN4O2S/c27-17-12-10-16(11-13-17)21-14-20(15-6-2-1-3-7-15)30-31(21)26-29-25(33)23(34-26)22-18-8-4-5-9-19(18)28-24(22)32/h1-13,21,33H,14H2. The van der Waals surface area contributed by atoms with Gasteiger partial charge in [0.2, 0.25) is 11.0 Å². The molecule has 0 saturated heterocycles. The van der Waals surface area contributed by atoms with Crippen molar-refractivity contribution in [2.24, 2.45) is 10.1 Å². The Bertz CT molecular complexity index is 1580. The topological polar surface area (TPSA) is 78.2 Å². The lowest BCUT2D eigenvalue weighted by molar-refractivity contribution is -0.112. The van der Waals surface area contributed by atoms with Gasteiger partial charge in [-0.15, -0.1) is 0 Å². The van der Waals surface area contributed by atoms with Gasteiger partial charge in [0.1, 0.15) is 4.88 Å². The molecule has 166 valence electrons. The average Bonchev–Trinajstić information content (AvgIpc) is 3.54. The van der Waals surface area contributed by atoms with Gasteiger partial charge >= 0.3 is 0 Å². The van der Waals surface area contributed by atoms with Gasteiger partial charge in [-0.3, -0.25) is 4.79 Å². The third-order valence-corrected chi connectivity index (χ3v) is 7.21.